The molecule has 1 aromatic heterocycles. The molecule has 3 aliphatic heterocycles. The van der Waals surface area contributed by atoms with Gasteiger partial charge in [-0.1, -0.05) is 11.6 Å². The third kappa shape index (κ3) is 8.56. The SMILES string of the molecule is CN(C)C1CN(c2nc3c(F)c(Br)c(Cl)cc3c(NC3C4CC3N(C(=O)OC(C)(C)C)C4)c2N)C1.O=S([O-])S(=O)[O-].[Na+].[Na+]. The quantitative estimate of drug-likeness (QED) is 0.141. The minimum Gasteiger partial charge on any atom is -0.763 e. The number of carbonyl (C=O) groups is 1. The van der Waals surface area contributed by atoms with Crippen molar-refractivity contribution in [3.63, 3.8) is 0 Å². The van der Waals surface area contributed by atoms with Crippen LogP contribution in [-0.4, -0.2) is 95.9 Å². The number of amides is 1. The first-order valence-corrected chi connectivity index (χ1v) is 16.5. The van der Waals surface area contributed by atoms with Gasteiger partial charge in [0.1, 0.15) is 11.1 Å². The van der Waals surface area contributed by atoms with Crippen molar-refractivity contribution in [1.29, 1.82) is 0 Å². The Balaban J connectivity index is 0.000000735. The van der Waals surface area contributed by atoms with Gasteiger partial charge in [-0.15, -0.1) is 0 Å². The van der Waals surface area contributed by atoms with Gasteiger partial charge >= 0.3 is 65.2 Å². The number of benzene rings is 1. The van der Waals surface area contributed by atoms with E-state index in [1.165, 1.54) is 0 Å². The van der Waals surface area contributed by atoms with Gasteiger partial charge in [0.15, 0.2) is 11.6 Å². The summed E-state index contributed by atoms with van der Waals surface area (Å²) < 4.78 is 57.4. The molecule has 1 aromatic carbocycles. The van der Waals surface area contributed by atoms with E-state index in [4.69, 9.17) is 39.6 Å². The first-order valence-electron chi connectivity index (χ1n) is 12.6. The van der Waals surface area contributed by atoms with Gasteiger partial charge in [0.2, 0.25) is 0 Å². The normalized spacial score (nSPS) is 22.3. The molecule has 2 bridgehead atoms. The van der Waals surface area contributed by atoms with Crippen molar-refractivity contribution in [3.8, 4) is 0 Å². The Morgan fingerprint density at radius 1 is 1.23 bits per heavy atom. The second-order valence-electron chi connectivity index (χ2n) is 11.4. The summed E-state index contributed by atoms with van der Waals surface area (Å²) in [4.78, 5) is 23.4. The number of hydrogen-bond acceptors (Lipinski definition) is 11. The zero-order valence-electron chi connectivity index (χ0n) is 25.0. The molecule has 3 saturated heterocycles. The number of nitrogens with one attached hydrogen (secondary N) is 1. The summed E-state index contributed by atoms with van der Waals surface area (Å²) in [5, 5.41) is 4.33. The summed E-state index contributed by atoms with van der Waals surface area (Å²) in [6.45, 7) is 7.71. The van der Waals surface area contributed by atoms with Gasteiger partial charge in [-0.05, 0) is 63.3 Å². The van der Waals surface area contributed by atoms with Crippen LogP contribution in [0, 0.1) is 11.7 Å². The second-order valence-corrected chi connectivity index (χ2v) is 15.1. The smallest absolute Gasteiger partial charge is 0.763 e. The fraction of sp³-hybridized carbons (Fsp3) is 0.583. The molecule has 2 aromatic rings. The Morgan fingerprint density at radius 2 is 1.81 bits per heavy atom. The number of carbonyl (C=O) groups excluding carboxylic acids is 1. The maximum atomic E-state index is 15.3. The number of nitrogens with zero attached hydrogens (tertiary/aromatic N) is 4. The van der Waals surface area contributed by atoms with Crippen LogP contribution in [0.1, 0.15) is 27.2 Å². The first-order chi connectivity index (χ1) is 19.0. The minimum absolute atomic E-state index is 0. The fourth-order valence-electron chi connectivity index (χ4n) is 5.19. The monoisotopic (exact) mass is 742 g/mol. The molecule has 43 heavy (non-hydrogen) atoms. The Labute approximate surface area is 312 Å². The largest absolute Gasteiger partial charge is 1.00 e. The zero-order valence-corrected chi connectivity index (χ0v) is 33.0. The molecular weight excluding hydrogens is 713 g/mol. The summed E-state index contributed by atoms with van der Waals surface area (Å²) in [5.41, 5.74) is 7.39. The van der Waals surface area contributed by atoms with Crippen LogP contribution in [0.4, 0.5) is 26.4 Å². The maximum Gasteiger partial charge on any atom is 1.00 e. The van der Waals surface area contributed by atoms with E-state index >= 15 is 4.39 Å². The van der Waals surface area contributed by atoms with Crippen LogP contribution in [-0.2, 0) is 25.0 Å². The molecule has 228 valence electrons. The Kier molecular flexibility index (Phi) is 14.1. The van der Waals surface area contributed by atoms with Gasteiger partial charge in [-0.2, -0.15) is 0 Å². The summed E-state index contributed by atoms with van der Waals surface area (Å²) in [6.07, 6.45) is 0.583. The number of fused-ring (bicyclic) bond motifs is 2. The number of ether oxygens (including phenoxy) is 1. The summed E-state index contributed by atoms with van der Waals surface area (Å²) in [7, 11) is -1.83. The predicted octanol–water partition coefficient (Wildman–Crippen LogP) is -2.79. The number of anilines is 3. The second kappa shape index (κ2) is 15.4. The number of aromatic nitrogens is 1. The molecular formula is C24H31BrClFN6Na2O6S2. The molecule has 1 amide bonds. The molecule has 12 nitrogen and oxygen atoms in total. The fourth-order valence-corrected chi connectivity index (χ4v) is 5.68. The van der Waals surface area contributed by atoms with Gasteiger partial charge in [0.05, 0.1) is 33.0 Å². The van der Waals surface area contributed by atoms with Crippen LogP contribution in [0.25, 0.3) is 10.9 Å². The molecule has 4 heterocycles. The maximum absolute atomic E-state index is 15.3. The van der Waals surface area contributed by atoms with Crippen LogP contribution < -0.4 is 75.1 Å². The van der Waals surface area contributed by atoms with Crippen molar-refractivity contribution in [1.82, 2.24) is 14.8 Å². The Morgan fingerprint density at radius 3 is 2.33 bits per heavy atom. The topological polar surface area (TPSA) is 167 Å². The molecule has 3 N–H and O–H groups in total. The van der Waals surface area contributed by atoms with E-state index in [9.17, 15) is 4.79 Å². The first kappa shape index (κ1) is 39.4. The van der Waals surface area contributed by atoms with Gasteiger partial charge in [-0.3, -0.25) is 8.42 Å². The van der Waals surface area contributed by atoms with Crippen LogP contribution in [0.5, 0.6) is 0 Å². The summed E-state index contributed by atoms with van der Waals surface area (Å²) in [6, 6.07) is 2.04. The Bertz CT molecular complexity index is 1410. The van der Waals surface area contributed by atoms with Crippen LogP contribution in [0.15, 0.2) is 10.5 Å². The van der Waals surface area contributed by atoms with Crippen LogP contribution in [0.3, 0.4) is 0 Å². The third-order valence-electron chi connectivity index (χ3n) is 7.37. The average Bonchev–Trinajstić information content (AvgIpc) is 3.42. The van der Waals surface area contributed by atoms with Gasteiger partial charge in [0.25, 0.3) is 0 Å². The molecule has 19 heteroatoms. The van der Waals surface area contributed by atoms with Crippen molar-refractivity contribution < 1.29 is 90.6 Å². The van der Waals surface area contributed by atoms with E-state index in [1.807, 2.05) is 34.9 Å². The van der Waals surface area contributed by atoms with Crippen molar-refractivity contribution in [2.75, 3.05) is 49.7 Å². The summed E-state index contributed by atoms with van der Waals surface area (Å²) >= 11 is 9.56. The van der Waals surface area contributed by atoms with E-state index in [0.29, 0.717) is 35.2 Å². The number of nitrogens with two attached hydrogens (primary N) is 1. The van der Waals surface area contributed by atoms with Crippen LogP contribution in [0.2, 0.25) is 5.02 Å². The van der Waals surface area contributed by atoms with Gasteiger partial charge < -0.3 is 39.6 Å². The van der Waals surface area contributed by atoms with Crippen molar-refractivity contribution in [3.05, 3.63) is 21.4 Å². The standard InChI is InChI=1S/C24H31BrClFN6O2.2Na.H2O4S2/c1-24(2,3)35-23(34)33-8-11-6-15(33)19(11)29-21-13-7-14(26)16(25)17(27)20(13)30-22(18(21)28)32-9-12(10-32)31(4)5;;;1-5(2)6(3)4/h7,11-12,15,19H,6,8-10,28H2,1-5H3,(H,29,30);;;(H,1,2)(H,3,4)/q;2*+1;/p-2. The van der Waals surface area contributed by atoms with E-state index in [-0.39, 0.29) is 98.2 Å². The third-order valence-corrected chi connectivity index (χ3v) is 9.56. The number of nitrogen functional groups attached to an aromatic ring is 1. The minimum atomic E-state index is -2.95. The number of halogens is 3. The van der Waals surface area contributed by atoms with E-state index in [1.54, 1.807) is 11.0 Å². The molecule has 5 atom stereocenters. The number of likely N-dealkylation sites (N-methyl/N-ethyl adjacent to an activating group) is 1. The molecule has 6 rings (SSSR count). The zero-order chi connectivity index (χ0) is 30.5. The van der Waals surface area contributed by atoms with E-state index in [0.717, 1.165) is 19.5 Å². The number of hydrogen-bond donors (Lipinski definition) is 2. The molecule has 4 fully saturated rings. The Hall–Kier alpha value is 0.180. The van der Waals surface area contributed by atoms with Gasteiger partial charge in [-0.25, -0.2) is 14.2 Å². The van der Waals surface area contributed by atoms with Crippen molar-refractivity contribution >= 4 is 81.9 Å². The van der Waals surface area contributed by atoms with Crippen molar-refractivity contribution in [2.24, 2.45) is 5.92 Å². The number of pyridine rings is 1. The molecule has 1 aliphatic carbocycles. The molecule has 0 spiro atoms. The molecule has 0 radical (unpaired) electrons. The number of rotatable bonds is 5. The molecule has 4 aliphatic rings. The van der Waals surface area contributed by atoms with Gasteiger partial charge in [0, 0.05) is 57.2 Å². The molecule has 1 saturated carbocycles. The molecule has 5 unspecified atom stereocenters. The summed E-state index contributed by atoms with van der Waals surface area (Å²) in [5.74, 6) is 0.298. The van der Waals surface area contributed by atoms with Crippen molar-refractivity contribution in [2.45, 2.75) is 50.9 Å². The van der Waals surface area contributed by atoms with E-state index < -0.39 is 31.6 Å². The predicted molar refractivity (Wildman–Crippen MR) is 159 cm³/mol. The average molecular weight is 744 g/mol. The van der Waals surface area contributed by atoms with Crippen LogP contribution >= 0.6 is 27.5 Å². The van der Waals surface area contributed by atoms with E-state index in [2.05, 4.69) is 36.0 Å².